The van der Waals surface area contributed by atoms with Crippen LogP contribution in [0.3, 0.4) is 0 Å². The summed E-state index contributed by atoms with van der Waals surface area (Å²) in [5.74, 6) is -3.17. The quantitative estimate of drug-likeness (QED) is 0.233. The van der Waals surface area contributed by atoms with E-state index in [1.165, 1.54) is 13.3 Å². The molecule has 0 saturated heterocycles. The minimum atomic E-state index is -1.18. The van der Waals surface area contributed by atoms with E-state index in [-0.39, 0.29) is 18.8 Å². The van der Waals surface area contributed by atoms with Gasteiger partial charge in [0.15, 0.2) is 0 Å². The summed E-state index contributed by atoms with van der Waals surface area (Å²) < 4.78 is 0. The summed E-state index contributed by atoms with van der Waals surface area (Å²) in [5.41, 5.74) is 7.35. The van der Waals surface area contributed by atoms with Gasteiger partial charge in [0.05, 0.1) is 12.4 Å². The smallest absolute Gasteiger partial charge is 0.326 e. The first kappa shape index (κ1) is 27.5. The summed E-state index contributed by atoms with van der Waals surface area (Å²) in [4.78, 5) is 56.7. The number of carbonyl (C=O) groups is 4. The number of aliphatic carboxylic acids is 1. The Kier molecular flexibility index (Phi) is 10.4. The van der Waals surface area contributed by atoms with Crippen molar-refractivity contribution in [3.05, 3.63) is 54.1 Å². The van der Waals surface area contributed by atoms with Crippen LogP contribution in [0.4, 0.5) is 0 Å². The van der Waals surface area contributed by atoms with Crippen molar-refractivity contribution in [2.24, 2.45) is 11.7 Å². The maximum Gasteiger partial charge on any atom is 0.326 e. The van der Waals surface area contributed by atoms with Gasteiger partial charge < -0.3 is 31.8 Å². The standard InChI is InChI=1S/C24H34N6O5/c1-4-14(2)20(23(33)29-19(24(34)35)10-16-8-6-5-7-9-16)30-21(31)15(3)28-22(32)18(25)11-17-12-26-13-27-17/h5-9,12-15,18-20H,4,10-11,25H2,1-3H3,(H,26,27)(H,28,32)(H,29,33)(H,30,31)(H,34,35). The first-order chi connectivity index (χ1) is 16.6. The largest absolute Gasteiger partial charge is 0.480 e. The lowest BCUT2D eigenvalue weighted by molar-refractivity contribution is -0.142. The lowest BCUT2D eigenvalue weighted by atomic mass is 9.97. The summed E-state index contributed by atoms with van der Waals surface area (Å²) in [6.07, 6.45) is 3.91. The van der Waals surface area contributed by atoms with E-state index >= 15 is 0 Å². The number of nitrogens with one attached hydrogen (secondary N) is 4. The minimum Gasteiger partial charge on any atom is -0.480 e. The average Bonchev–Trinajstić information content (AvgIpc) is 3.34. The van der Waals surface area contributed by atoms with Gasteiger partial charge in [-0.3, -0.25) is 14.4 Å². The molecule has 0 spiro atoms. The van der Waals surface area contributed by atoms with Gasteiger partial charge in [0.25, 0.3) is 0 Å². The number of hydrogen-bond donors (Lipinski definition) is 6. The van der Waals surface area contributed by atoms with Crippen molar-refractivity contribution in [2.75, 3.05) is 0 Å². The number of rotatable bonds is 13. The molecule has 0 aliphatic rings. The molecule has 1 aromatic carbocycles. The zero-order valence-electron chi connectivity index (χ0n) is 20.2. The molecule has 0 fully saturated rings. The number of carboxylic acids is 1. The van der Waals surface area contributed by atoms with E-state index < -0.39 is 47.9 Å². The van der Waals surface area contributed by atoms with Gasteiger partial charge in [-0.05, 0) is 18.4 Å². The van der Waals surface area contributed by atoms with Crippen LogP contribution in [0, 0.1) is 5.92 Å². The molecular weight excluding hydrogens is 452 g/mol. The highest BCUT2D eigenvalue weighted by Gasteiger charge is 2.31. The van der Waals surface area contributed by atoms with Gasteiger partial charge in [-0.15, -0.1) is 0 Å². The third-order valence-corrected chi connectivity index (χ3v) is 5.77. The fourth-order valence-corrected chi connectivity index (χ4v) is 3.40. The Morgan fingerprint density at radius 1 is 1.00 bits per heavy atom. The van der Waals surface area contributed by atoms with Crippen LogP contribution < -0.4 is 21.7 Å². The van der Waals surface area contributed by atoms with E-state index in [1.807, 2.05) is 13.0 Å². The Balaban J connectivity index is 2.00. The second kappa shape index (κ2) is 13.2. The Morgan fingerprint density at radius 2 is 1.69 bits per heavy atom. The third-order valence-electron chi connectivity index (χ3n) is 5.77. The molecular formula is C24H34N6O5. The number of aromatic amines is 1. The summed E-state index contributed by atoms with van der Waals surface area (Å²) in [5, 5.41) is 17.3. The molecule has 11 nitrogen and oxygen atoms in total. The van der Waals surface area contributed by atoms with Crippen molar-refractivity contribution < 1.29 is 24.3 Å². The molecule has 7 N–H and O–H groups in total. The van der Waals surface area contributed by atoms with Crippen molar-refractivity contribution >= 4 is 23.7 Å². The van der Waals surface area contributed by atoms with Crippen molar-refractivity contribution in [2.45, 2.75) is 64.2 Å². The predicted octanol–water partition coefficient (Wildman–Crippen LogP) is 0.127. The van der Waals surface area contributed by atoms with E-state index in [0.717, 1.165) is 5.56 Å². The average molecular weight is 487 g/mol. The first-order valence-electron chi connectivity index (χ1n) is 11.5. The number of hydrogen-bond acceptors (Lipinski definition) is 6. The zero-order chi connectivity index (χ0) is 26.0. The Labute approximate surface area is 204 Å². The molecule has 5 atom stereocenters. The molecule has 0 aliphatic carbocycles. The molecule has 0 saturated carbocycles. The van der Waals surface area contributed by atoms with Crippen molar-refractivity contribution in [1.29, 1.82) is 0 Å². The van der Waals surface area contributed by atoms with Gasteiger partial charge in [-0.1, -0.05) is 50.6 Å². The van der Waals surface area contributed by atoms with Crippen molar-refractivity contribution in [1.82, 2.24) is 25.9 Å². The topological polar surface area (TPSA) is 179 Å². The predicted molar refractivity (Wildman–Crippen MR) is 129 cm³/mol. The number of carbonyl (C=O) groups excluding carboxylic acids is 3. The summed E-state index contributed by atoms with van der Waals surface area (Å²) in [7, 11) is 0. The number of imidazole rings is 1. The first-order valence-corrected chi connectivity index (χ1v) is 11.5. The number of benzene rings is 1. The number of nitrogens with two attached hydrogens (primary N) is 1. The summed E-state index contributed by atoms with van der Waals surface area (Å²) in [6.45, 7) is 5.12. The van der Waals surface area contributed by atoms with Crippen LogP contribution in [0.1, 0.15) is 38.4 Å². The highest BCUT2D eigenvalue weighted by Crippen LogP contribution is 2.10. The van der Waals surface area contributed by atoms with Gasteiger partial charge in [0.1, 0.15) is 18.1 Å². The molecule has 1 heterocycles. The highest BCUT2D eigenvalue weighted by atomic mass is 16.4. The molecule has 1 aromatic heterocycles. The van der Waals surface area contributed by atoms with E-state index in [4.69, 9.17) is 5.73 Å². The molecule has 2 aromatic rings. The minimum absolute atomic E-state index is 0.101. The highest BCUT2D eigenvalue weighted by molar-refractivity contribution is 5.94. The molecule has 0 bridgehead atoms. The van der Waals surface area contributed by atoms with Crippen molar-refractivity contribution in [3.8, 4) is 0 Å². The Morgan fingerprint density at radius 3 is 2.26 bits per heavy atom. The van der Waals surface area contributed by atoms with Crippen LogP contribution >= 0.6 is 0 Å². The maximum absolute atomic E-state index is 13.0. The number of amides is 3. The summed E-state index contributed by atoms with van der Waals surface area (Å²) in [6, 6.07) is 4.94. The van der Waals surface area contributed by atoms with E-state index in [0.29, 0.717) is 12.1 Å². The SMILES string of the molecule is CCC(C)C(NC(=O)C(C)NC(=O)C(N)Cc1cnc[nH]1)C(=O)NC(Cc1ccccc1)C(=O)O. The normalized spacial score (nSPS) is 15.2. The lowest BCUT2D eigenvalue weighted by Gasteiger charge is -2.27. The maximum atomic E-state index is 13.0. The van der Waals surface area contributed by atoms with Gasteiger partial charge in [0, 0.05) is 24.7 Å². The van der Waals surface area contributed by atoms with Gasteiger partial charge in [-0.2, -0.15) is 0 Å². The Hall–Kier alpha value is -3.73. The van der Waals surface area contributed by atoms with E-state index in [2.05, 4.69) is 25.9 Å². The Bertz CT molecular complexity index is 982. The van der Waals surface area contributed by atoms with Crippen LogP contribution in [-0.4, -0.2) is 62.9 Å². The number of aromatic nitrogens is 2. The molecule has 11 heteroatoms. The van der Waals surface area contributed by atoms with Crippen LogP contribution in [0.25, 0.3) is 0 Å². The van der Waals surface area contributed by atoms with E-state index in [1.54, 1.807) is 37.4 Å². The van der Waals surface area contributed by atoms with Crippen LogP contribution in [0.2, 0.25) is 0 Å². The monoisotopic (exact) mass is 486 g/mol. The molecule has 3 amide bonds. The molecule has 190 valence electrons. The van der Waals surface area contributed by atoms with Crippen molar-refractivity contribution in [3.63, 3.8) is 0 Å². The van der Waals surface area contributed by atoms with Crippen LogP contribution in [0.5, 0.6) is 0 Å². The van der Waals surface area contributed by atoms with Gasteiger partial charge >= 0.3 is 5.97 Å². The molecule has 0 aliphatic heterocycles. The van der Waals surface area contributed by atoms with Crippen LogP contribution in [0.15, 0.2) is 42.9 Å². The number of nitrogens with zero attached hydrogens (tertiary/aromatic N) is 1. The van der Waals surface area contributed by atoms with Gasteiger partial charge in [-0.25, -0.2) is 9.78 Å². The number of H-pyrrole nitrogens is 1. The summed E-state index contributed by atoms with van der Waals surface area (Å²) >= 11 is 0. The third kappa shape index (κ3) is 8.53. The molecule has 0 radical (unpaired) electrons. The van der Waals surface area contributed by atoms with E-state index in [9.17, 15) is 24.3 Å². The van der Waals surface area contributed by atoms with Crippen LogP contribution in [-0.2, 0) is 32.0 Å². The van der Waals surface area contributed by atoms with Gasteiger partial charge in [0.2, 0.25) is 17.7 Å². The number of carboxylic acid groups (broad SMARTS) is 1. The molecule has 2 rings (SSSR count). The molecule has 5 unspecified atom stereocenters. The fraction of sp³-hybridized carbons (Fsp3) is 0.458. The fourth-order valence-electron chi connectivity index (χ4n) is 3.40. The molecule has 35 heavy (non-hydrogen) atoms. The lowest BCUT2D eigenvalue weighted by Crippen LogP contribution is -2.58. The second-order valence-electron chi connectivity index (χ2n) is 8.58. The second-order valence-corrected chi connectivity index (χ2v) is 8.58. The zero-order valence-corrected chi connectivity index (χ0v) is 20.2.